The number of amides is 1. The molecule has 0 aliphatic carbocycles. The lowest BCUT2D eigenvalue weighted by molar-refractivity contribution is 0.102. The summed E-state index contributed by atoms with van der Waals surface area (Å²) in [6.07, 6.45) is 0. The van der Waals surface area contributed by atoms with E-state index in [-0.39, 0.29) is 16.5 Å². The van der Waals surface area contributed by atoms with E-state index >= 15 is 0 Å². The molecular formula is C21H20N2O4S. The molecule has 3 rings (SSSR count). The molecule has 0 aromatic heterocycles. The van der Waals surface area contributed by atoms with Crippen LogP contribution in [-0.4, -0.2) is 21.4 Å². The fourth-order valence-electron chi connectivity index (χ4n) is 2.72. The standard InChI is InChI=1S/C21H20N2O4S/c1-15-14-17(27-2)12-13-20(15)28(25,26)23-19-11-7-6-10-18(19)22-21(24)16-8-4-3-5-9-16/h3-14,23H,1-2H3,(H,22,24). The van der Waals surface area contributed by atoms with Gasteiger partial charge in [-0.25, -0.2) is 8.42 Å². The number of carbonyl (C=O) groups excluding carboxylic acids is 1. The average Bonchev–Trinajstić information content (AvgIpc) is 2.69. The predicted molar refractivity (Wildman–Crippen MR) is 109 cm³/mol. The topological polar surface area (TPSA) is 84.5 Å². The number of benzene rings is 3. The molecule has 144 valence electrons. The Balaban J connectivity index is 1.88. The Bertz CT molecular complexity index is 1100. The monoisotopic (exact) mass is 396 g/mol. The van der Waals surface area contributed by atoms with Gasteiger partial charge in [0.15, 0.2) is 0 Å². The van der Waals surface area contributed by atoms with Gasteiger partial charge in [0.25, 0.3) is 15.9 Å². The van der Waals surface area contributed by atoms with E-state index in [1.165, 1.54) is 13.2 Å². The third-order valence-corrected chi connectivity index (χ3v) is 5.65. The van der Waals surface area contributed by atoms with Gasteiger partial charge in [0.05, 0.1) is 23.4 Å². The Kier molecular flexibility index (Phi) is 5.65. The Labute approximate surface area is 164 Å². The maximum atomic E-state index is 12.9. The molecule has 3 aromatic rings. The van der Waals surface area contributed by atoms with Gasteiger partial charge >= 0.3 is 0 Å². The van der Waals surface area contributed by atoms with Crippen LogP contribution >= 0.6 is 0 Å². The normalized spacial score (nSPS) is 10.9. The lowest BCUT2D eigenvalue weighted by Gasteiger charge is -2.15. The third kappa shape index (κ3) is 4.32. The Morgan fingerprint density at radius 3 is 2.18 bits per heavy atom. The first-order chi connectivity index (χ1) is 13.4. The summed E-state index contributed by atoms with van der Waals surface area (Å²) in [7, 11) is -2.33. The summed E-state index contributed by atoms with van der Waals surface area (Å²) in [6.45, 7) is 1.69. The number of aryl methyl sites for hydroxylation is 1. The van der Waals surface area contributed by atoms with Gasteiger partial charge in [0.1, 0.15) is 5.75 Å². The van der Waals surface area contributed by atoms with E-state index in [4.69, 9.17) is 4.74 Å². The van der Waals surface area contributed by atoms with Crippen molar-refractivity contribution in [2.75, 3.05) is 17.1 Å². The SMILES string of the molecule is COc1ccc(S(=O)(=O)Nc2ccccc2NC(=O)c2ccccc2)c(C)c1. The molecule has 28 heavy (non-hydrogen) atoms. The van der Waals surface area contributed by atoms with Gasteiger partial charge in [-0.3, -0.25) is 9.52 Å². The van der Waals surface area contributed by atoms with Crippen LogP contribution in [0.4, 0.5) is 11.4 Å². The Morgan fingerprint density at radius 2 is 1.54 bits per heavy atom. The van der Waals surface area contributed by atoms with E-state index in [1.54, 1.807) is 67.6 Å². The fourth-order valence-corrected chi connectivity index (χ4v) is 4.02. The number of para-hydroxylation sites is 2. The van der Waals surface area contributed by atoms with Crippen molar-refractivity contribution in [1.29, 1.82) is 0 Å². The zero-order valence-corrected chi connectivity index (χ0v) is 16.3. The number of nitrogens with one attached hydrogen (secondary N) is 2. The highest BCUT2D eigenvalue weighted by atomic mass is 32.2. The predicted octanol–water partition coefficient (Wildman–Crippen LogP) is 4.06. The maximum absolute atomic E-state index is 12.9. The highest BCUT2D eigenvalue weighted by molar-refractivity contribution is 7.92. The minimum absolute atomic E-state index is 0.137. The Hall–Kier alpha value is -3.32. The van der Waals surface area contributed by atoms with Gasteiger partial charge in [0.2, 0.25) is 0 Å². The van der Waals surface area contributed by atoms with Crippen LogP contribution in [0, 0.1) is 6.92 Å². The summed E-state index contributed by atoms with van der Waals surface area (Å²) in [5, 5.41) is 2.75. The molecule has 0 heterocycles. The molecule has 2 N–H and O–H groups in total. The molecule has 0 spiro atoms. The second-order valence-corrected chi connectivity index (χ2v) is 7.75. The number of methoxy groups -OCH3 is 1. The van der Waals surface area contributed by atoms with Gasteiger partial charge in [0, 0.05) is 5.56 Å². The molecule has 3 aromatic carbocycles. The fraction of sp³-hybridized carbons (Fsp3) is 0.0952. The summed E-state index contributed by atoms with van der Waals surface area (Å²) in [4.78, 5) is 12.6. The number of hydrogen-bond acceptors (Lipinski definition) is 4. The summed E-state index contributed by atoms with van der Waals surface area (Å²) < 4.78 is 33.4. The molecular weight excluding hydrogens is 376 g/mol. The molecule has 0 fully saturated rings. The van der Waals surface area contributed by atoms with Gasteiger partial charge in [-0.05, 0) is 55.0 Å². The lowest BCUT2D eigenvalue weighted by atomic mass is 10.2. The van der Waals surface area contributed by atoms with Crippen LogP contribution in [-0.2, 0) is 10.0 Å². The van der Waals surface area contributed by atoms with Gasteiger partial charge < -0.3 is 10.1 Å². The molecule has 0 aliphatic heterocycles. The summed E-state index contributed by atoms with van der Waals surface area (Å²) in [5.41, 5.74) is 1.68. The molecule has 0 atom stereocenters. The number of ether oxygens (including phenoxy) is 1. The molecule has 1 amide bonds. The van der Waals surface area contributed by atoms with Gasteiger partial charge in [-0.2, -0.15) is 0 Å². The van der Waals surface area contributed by atoms with Crippen molar-refractivity contribution in [3.63, 3.8) is 0 Å². The van der Waals surface area contributed by atoms with Crippen molar-refractivity contribution < 1.29 is 17.9 Å². The smallest absolute Gasteiger partial charge is 0.262 e. The van der Waals surface area contributed by atoms with E-state index in [1.807, 2.05) is 6.07 Å². The van der Waals surface area contributed by atoms with Crippen LogP contribution in [0.3, 0.4) is 0 Å². The minimum atomic E-state index is -3.85. The van der Waals surface area contributed by atoms with Crippen molar-refractivity contribution in [2.24, 2.45) is 0 Å². The number of rotatable bonds is 6. The van der Waals surface area contributed by atoms with E-state index in [0.717, 1.165) is 0 Å². The summed E-state index contributed by atoms with van der Waals surface area (Å²) >= 11 is 0. The zero-order chi connectivity index (χ0) is 20.1. The highest BCUT2D eigenvalue weighted by Gasteiger charge is 2.19. The Morgan fingerprint density at radius 1 is 0.893 bits per heavy atom. The molecule has 6 nitrogen and oxygen atoms in total. The number of carbonyl (C=O) groups is 1. The zero-order valence-electron chi connectivity index (χ0n) is 15.5. The van der Waals surface area contributed by atoms with Crippen LogP contribution in [0.25, 0.3) is 0 Å². The number of sulfonamides is 1. The minimum Gasteiger partial charge on any atom is -0.497 e. The van der Waals surface area contributed by atoms with Crippen LogP contribution in [0.1, 0.15) is 15.9 Å². The first-order valence-electron chi connectivity index (χ1n) is 8.53. The second kappa shape index (κ2) is 8.14. The van der Waals surface area contributed by atoms with E-state index in [0.29, 0.717) is 22.6 Å². The largest absolute Gasteiger partial charge is 0.497 e. The number of anilines is 2. The lowest BCUT2D eigenvalue weighted by Crippen LogP contribution is -2.17. The molecule has 7 heteroatoms. The van der Waals surface area contributed by atoms with Crippen LogP contribution in [0.5, 0.6) is 5.75 Å². The number of hydrogen-bond donors (Lipinski definition) is 2. The third-order valence-electron chi connectivity index (χ3n) is 4.13. The van der Waals surface area contributed by atoms with Crippen molar-refractivity contribution in [1.82, 2.24) is 0 Å². The molecule has 0 bridgehead atoms. The molecule has 0 unspecified atom stereocenters. The summed E-state index contributed by atoms with van der Waals surface area (Å²) in [6, 6.07) is 20.1. The van der Waals surface area contributed by atoms with E-state index in [2.05, 4.69) is 10.0 Å². The second-order valence-electron chi connectivity index (χ2n) is 6.10. The van der Waals surface area contributed by atoms with Crippen molar-refractivity contribution in [2.45, 2.75) is 11.8 Å². The van der Waals surface area contributed by atoms with Gasteiger partial charge in [-0.1, -0.05) is 30.3 Å². The first kappa shape index (κ1) is 19.4. The molecule has 0 radical (unpaired) electrons. The van der Waals surface area contributed by atoms with Crippen molar-refractivity contribution in [3.05, 3.63) is 83.9 Å². The van der Waals surface area contributed by atoms with Crippen LogP contribution in [0.15, 0.2) is 77.7 Å². The molecule has 0 aliphatic rings. The maximum Gasteiger partial charge on any atom is 0.262 e. The highest BCUT2D eigenvalue weighted by Crippen LogP contribution is 2.27. The van der Waals surface area contributed by atoms with Gasteiger partial charge in [-0.15, -0.1) is 0 Å². The van der Waals surface area contributed by atoms with Crippen molar-refractivity contribution in [3.8, 4) is 5.75 Å². The van der Waals surface area contributed by atoms with E-state index in [9.17, 15) is 13.2 Å². The van der Waals surface area contributed by atoms with Crippen LogP contribution in [0.2, 0.25) is 0 Å². The first-order valence-corrected chi connectivity index (χ1v) is 10.0. The van der Waals surface area contributed by atoms with Crippen LogP contribution < -0.4 is 14.8 Å². The van der Waals surface area contributed by atoms with Crippen molar-refractivity contribution >= 4 is 27.3 Å². The average molecular weight is 396 g/mol. The summed E-state index contributed by atoms with van der Waals surface area (Å²) in [5.74, 6) is 0.250. The molecule has 0 saturated carbocycles. The molecule has 0 saturated heterocycles. The van der Waals surface area contributed by atoms with E-state index < -0.39 is 10.0 Å². The quantitative estimate of drug-likeness (QED) is 0.658.